The first kappa shape index (κ1) is 29.3. The van der Waals surface area contributed by atoms with E-state index in [0.717, 1.165) is 4.48 Å². The van der Waals surface area contributed by atoms with Crippen molar-refractivity contribution in [3.05, 3.63) is 0 Å². The molecule has 6 heteroatoms. The molecule has 0 radical (unpaired) electrons. The molecule has 0 saturated heterocycles. The monoisotopic (exact) mass is 415 g/mol. The molecular formula is C6H16I2N3P. The van der Waals surface area contributed by atoms with Gasteiger partial charge in [0.2, 0.25) is 0 Å². The summed E-state index contributed by atoms with van der Waals surface area (Å²) in [5.41, 5.74) is 0. The topological polar surface area (TPSA) is 47.6 Å². The lowest BCUT2D eigenvalue weighted by Gasteiger charge is -2.14. The van der Waals surface area contributed by atoms with Crippen molar-refractivity contribution < 1.29 is 52.4 Å². The van der Waals surface area contributed by atoms with Gasteiger partial charge in [0.1, 0.15) is 0 Å². The van der Waals surface area contributed by atoms with Crippen molar-refractivity contribution in [1.29, 1.82) is 10.5 Å². The molecule has 3 nitrogen and oxygen atoms in total. The standard InChI is InChI=1S/C4H12N.C2N2.2HI.H3P/c1-5(2,3)4;3-1-2-4;;;/h1-4H3;;2*1H;1H3/q+1;;;;/p-1. The number of quaternary nitrogens is 1. The third-order valence-corrected chi connectivity index (χ3v) is 0.0500. The Kier molecular flexibility index (Phi) is 43.4. The van der Waals surface area contributed by atoms with Crippen molar-refractivity contribution in [2.24, 2.45) is 0 Å². The van der Waals surface area contributed by atoms with Crippen LogP contribution in [0.15, 0.2) is 0 Å². The Morgan fingerprint density at radius 2 is 0.917 bits per heavy atom. The van der Waals surface area contributed by atoms with Crippen LogP contribution >= 0.6 is 9.90 Å². The first-order valence-corrected chi connectivity index (χ1v) is 2.49. The van der Waals surface area contributed by atoms with Crippen LogP contribution < -0.4 is 48.0 Å². The zero-order valence-corrected chi connectivity index (χ0v) is 14.4. The summed E-state index contributed by atoms with van der Waals surface area (Å²) in [6.07, 6.45) is 0. The van der Waals surface area contributed by atoms with E-state index in [2.05, 4.69) is 28.2 Å². The smallest absolute Gasteiger partial charge is 0.181 e. The summed E-state index contributed by atoms with van der Waals surface area (Å²) in [5, 5.41) is 14.5. The third kappa shape index (κ3) is 312. The molecule has 0 N–H and O–H groups in total. The van der Waals surface area contributed by atoms with Crippen molar-refractivity contribution in [2.75, 3.05) is 28.2 Å². The van der Waals surface area contributed by atoms with E-state index >= 15 is 0 Å². The predicted molar refractivity (Wildman–Crippen MR) is 47.7 cm³/mol. The molecule has 1 unspecified atom stereocenters. The van der Waals surface area contributed by atoms with Gasteiger partial charge in [-0.2, -0.15) is 10.5 Å². The van der Waals surface area contributed by atoms with Crippen molar-refractivity contribution in [2.45, 2.75) is 0 Å². The molecule has 12 heavy (non-hydrogen) atoms. The quantitative estimate of drug-likeness (QED) is 0.225. The fourth-order valence-corrected chi connectivity index (χ4v) is 0. The molecule has 0 aliphatic carbocycles. The van der Waals surface area contributed by atoms with Crippen LogP contribution in [0.3, 0.4) is 0 Å². The zero-order chi connectivity index (χ0) is 7.91. The van der Waals surface area contributed by atoms with Gasteiger partial charge in [0.25, 0.3) is 0 Å². The van der Waals surface area contributed by atoms with E-state index in [0.29, 0.717) is 0 Å². The van der Waals surface area contributed by atoms with Gasteiger partial charge in [-0.15, -0.1) is 0 Å². The Morgan fingerprint density at radius 1 is 0.833 bits per heavy atom. The molecule has 74 valence electrons. The van der Waals surface area contributed by atoms with Crippen LogP contribution in [0.25, 0.3) is 0 Å². The third-order valence-electron chi connectivity index (χ3n) is 0.0500. The highest BCUT2D eigenvalue weighted by atomic mass is 127. The minimum atomic E-state index is 0. The molecule has 0 heterocycles. The summed E-state index contributed by atoms with van der Waals surface area (Å²) < 4.78 is 1.00. The highest BCUT2D eigenvalue weighted by Gasteiger charge is 1.88. The number of nitrogens with zero attached hydrogens (tertiary/aromatic N) is 3. The molecule has 0 bridgehead atoms. The van der Waals surface area contributed by atoms with E-state index in [4.69, 9.17) is 10.5 Å². The van der Waals surface area contributed by atoms with Gasteiger partial charge >= 0.3 is 0 Å². The lowest BCUT2D eigenvalue weighted by Crippen LogP contribution is -3.00. The minimum absolute atomic E-state index is 0. The van der Waals surface area contributed by atoms with Crippen LogP contribution in [0.4, 0.5) is 0 Å². The van der Waals surface area contributed by atoms with Crippen LogP contribution in [0.2, 0.25) is 0 Å². The number of hydrogen-bond donors (Lipinski definition) is 0. The van der Waals surface area contributed by atoms with E-state index in [1.165, 1.54) is 12.1 Å². The van der Waals surface area contributed by atoms with Crippen molar-refractivity contribution in [1.82, 2.24) is 0 Å². The van der Waals surface area contributed by atoms with Crippen molar-refractivity contribution in [3.8, 4) is 12.1 Å². The predicted octanol–water partition coefficient (Wildman–Crippen LogP) is -5.85. The lowest BCUT2D eigenvalue weighted by molar-refractivity contribution is -0.849. The minimum Gasteiger partial charge on any atom is -1.00 e. The molecule has 0 spiro atoms. The van der Waals surface area contributed by atoms with Crippen LogP contribution in [-0.2, 0) is 0 Å². The molecule has 0 amide bonds. The molecule has 0 aromatic carbocycles. The Bertz CT molecular complexity index is 124. The Balaban J connectivity index is -0.0000000221. The Morgan fingerprint density at radius 3 is 0.917 bits per heavy atom. The molecule has 1 atom stereocenters. The SMILES string of the molecule is C[N+](C)(C)C.N#CC#N.[I-].[I-].[PH4+]. The molecular weight excluding hydrogens is 399 g/mol. The molecule has 0 aromatic rings. The maximum absolute atomic E-state index is 7.26. The van der Waals surface area contributed by atoms with Gasteiger partial charge in [-0.3, -0.25) is 0 Å². The van der Waals surface area contributed by atoms with E-state index in [1.807, 2.05) is 0 Å². The lowest BCUT2D eigenvalue weighted by atomic mass is 10.8. The molecule has 0 fully saturated rings. The van der Waals surface area contributed by atoms with Gasteiger partial charge in [0.05, 0.1) is 28.2 Å². The second-order valence-corrected chi connectivity index (χ2v) is 2.91. The van der Waals surface area contributed by atoms with Crippen molar-refractivity contribution >= 4 is 9.90 Å². The average Bonchev–Trinajstić information content (AvgIpc) is 1.61. The van der Waals surface area contributed by atoms with Gasteiger partial charge in [0, 0.05) is 0 Å². The summed E-state index contributed by atoms with van der Waals surface area (Å²) in [7, 11) is 8.50. The summed E-state index contributed by atoms with van der Waals surface area (Å²) in [5.74, 6) is 0. The molecule has 0 aromatic heterocycles. The summed E-state index contributed by atoms with van der Waals surface area (Å²) in [4.78, 5) is 0. The van der Waals surface area contributed by atoms with Crippen LogP contribution in [-0.4, -0.2) is 32.7 Å². The molecule has 0 aliphatic rings. The number of rotatable bonds is 0. The fourth-order valence-electron chi connectivity index (χ4n) is 0. The van der Waals surface area contributed by atoms with E-state index in [1.54, 1.807) is 0 Å². The molecule has 0 rings (SSSR count). The average molecular weight is 415 g/mol. The normalized spacial score (nSPS) is 5.83. The second kappa shape index (κ2) is 17.8. The largest absolute Gasteiger partial charge is 1.00 e. The van der Waals surface area contributed by atoms with Gasteiger partial charge in [-0.25, -0.2) is 0 Å². The van der Waals surface area contributed by atoms with Gasteiger partial charge < -0.3 is 52.4 Å². The first-order valence-electron chi connectivity index (χ1n) is 2.49. The molecule has 0 aliphatic heterocycles. The first-order chi connectivity index (χ1) is 3.91. The van der Waals surface area contributed by atoms with Gasteiger partial charge in [-0.1, -0.05) is 0 Å². The van der Waals surface area contributed by atoms with Crippen molar-refractivity contribution in [3.63, 3.8) is 0 Å². The zero-order valence-electron chi connectivity index (χ0n) is 8.10. The van der Waals surface area contributed by atoms with E-state index in [9.17, 15) is 0 Å². The maximum atomic E-state index is 7.26. The van der Waals surface area contributed by atoms with E-state index in [-0.39, 0.29) is 57.9 Å². The number of halogens is 2. The van der Waals surface area contributed by atoms with Gasteiger partial charge in [0.15, 0.2) is 12.1 Å². The van der Waals surface area contributed by atoms with Gasteiger partial charge in [-0.05, 0) is 9.90 Å². The van der Waals surface area contributed by atoms with Crippen LogP contribution in [0.1, 0.15) is 0 Å². The highest BCUT2D eigenvalue weighted by Crippen LogP contribution is 1.73. The van der Waals surface area contributed by atoms with Crippen LogP contribution in [0.5, 0.6) is 0 Å². The second-order valence-electron chi connectivity index (χ2n) is 2.91. The van der Waals surface area contributed by atoms with Crippen LogP contribution in [0, 0.1) is 22.7 Å². The Hall–Kier alpha value is 0.830. The number of hydrogen-bond acceptors (Lipinski definition) is 2. The van der Waals surface area contributed by atoms with E-state index < -0.39 is 0 Å². The number of nitriles is 2. The summed E-state index contributed by atoms with van der Waals surface area (Å²) in [6.45, 7) is 0. The highest BCUT2D eigenvalue weighted by molar-refractivity contribution is 6.92. The maximum Gasteiger partial charge on any atom is 0.181 e. The summed E-state index contributed by atoms with van der Waals surface area (Å²) in [6, 6.07) is 2.47. The Labute approximate surface area is 112 Å². The molecule has 0 saturated carbocycles. The fraction of sp³-hybridized carbons (Fsp3) is 0.667. The summed E-state index contributed by atoms with van der Waals surface area (Å²) >= 11 is 0.